The summed E-state index contributed by atoms with van der Waals surface area (Å²) in [6.07, 6.45) is 2.51. The van der Waals surface area contributed by atoms with Crippen LogP contribution in [0.15, 0.2) is 18.2 Å². The number of benzene rings is 1. The highest BCUT2D eigenvalue weighted by Crippen LogP contribution is 2.26. The Kier molecular flexibility index (Phi) is 3.13. The Morgan fingerprint density at radius 3 is 2.62 bits per heavy atom. The van der Waals surface area contributed by atoms with Gasteiger partial charge in [-0.05, 0) is 37.5 Å². The fraction of sp³-hybridized carbons (Fsp3) is 0.462. The molecule has 0 spiro atoms. The highest BCUT2D eigenvalue weighted by Gasteiger charge is 2.17. The number of hydrogen-bond acceptors (Lipinski definition) is 2. The van der Waals surface area contributed by atoms with Crippen molar-refractivity contribution in [3.05, 3.63) is 29.3 Å². The molecule has 0 saturated carbocycles. The normalized spacial score (nSPS) is 15.2. The highest BCUT2D eigenvalue weighted by molar-refractivity contribution is 5.96. The van der Waals surface area contributed by atoms with Crippen LogP contribution in [0.5, 0.6) is 0 Å². The predicted octanol–water partition coefficient (Wildman–Crippen LogP) is 1.95. The molecular formula is C13H18N2O. The van der Waals surface area contributed by atoms with Gasteiger partial charge in [-0.15, -0.1) is 0 Å². The molecule has 0 aliphatic carbocycles. The van der Waals surface area contributed by atoms with E-state index in [4.69, 9.17) is 0 Å². The molecule has 0 unspecified atom stereocenters. The van der Waals surface area contributed by atoms with Gasteiger partial charge in [0.25, 0.3) is 5.91 Å². The average molecular weight is 218 g/mol. The minimum atomic E-state index is -0.00135. The molecule has 1 aliphatic rings. The Balaban J connectivity index is 2.35. The molecule has 2 rings (SSSR count). The van der Waals surface area contributed by atoms with Crippen molar-refractivity contribution in [3.8, 4) is 0 Å². The summed E-state index contributed by atoms with van der Waals surface area (Å²) < 4.78 is 0. The van der Waals surface area contributed by atoms with Gasteiger partial charge >= 0.3 is 0 Å². The minimum absolute atomic E-state index is 0.00135. The lowest BCUT2D eigenvalue weighted by Crippen LogP contribution is -2.22. The van der Waals surface area contributed by atoms with Gasteiger partial charge in [-0.25, -0.2) is 0 Å². The van der Waals surface area contributed by atoms with Crippen LogP contribution in [-0.4, -0.2) is 26.0 Å². The maximum atomic E-state index is 11.7. The van der Waals surface area contributed by atoms with Gasteiger partial charge in [-0.3, -0.25) is 4.79 Å². The SMILES string of the molecule is CNC(=O)c1cccc(N2CCCC2)c1C. The van der Waals surface area contributed by atoms with E-state index in [1.807, 2.05) is 19.1 Å². The standard InChI is InChI=1S/C13H18N2O/c1-10-11(13(16)14-2)6-5-7-12(10)15-8-3-4-9-15/h5-7H,3-4,8-9H2,1-2H3,(H,14,16). The number of amides is 1. The van der Waals surface area contributed by atoms with E-state index in [1.165, 1.54) is 18.5 Å². The van der Waals surface area contributed by atoms with Gasteiger partial charge in [0.15, 0.2) is 0 Å². The topological polar surface area (TPSA) is 32.3 Å². The van der Waals surface area contributed by atoms with Crippen LogP contribution in [0.3, 0.4) is 0 Å². The van der Waals surface area contributed by atoms with Crippen molar-refractivity contribution in [1.82, 2.24) is 5.32 Å². The maximum absolute atomic E-state index is 11.7. The van der Waals surface area contributed by atoms with Crippen molar-refractivity contribution in [1.29, 1.82) is 0 Å². The number of rotatable bonds is 2. The second kappa shape index (κ2) is 4.56. The van der Waals surface area contributed by atoms with Crippen LogP contribution in [-0.2, 0) is 0 Å². The first-order chi connectivity index (χ1) is 7.74. The molecule has 0 bridgehead atoms. The molecule has 1 fully saturated rings. The quantitative estimate of drug-likeness (QED) is 0.823. The van der Waals surface area contributed by atoms with Crippen LogP contribution in [0.2, 0.25) is 0 Å². The Morgan fingerprint density at radius 1 is 1.31 bits per heavy atom. The molecule has 1 aromatic carbocycles. The number of carbonyl (C=O) groups is 1. The van der Waals surface area contributed by atoms with E-state index in [1.54, 1.807) is 7.05 Å². The largest absolute Gasteiger partial charge is 0.371 e. The molecule has 3 heteroatoms. The third-order valence-corrected chi connectivity index (χ3v) is 3.22. The molecule has 1 heterocycles. The van der Waals surface area contributed by atoms with Gasteiger partial charge < -0.3 is 10.2 Å². The van der Waals surface area contributed by atoms with Crippen LogP contribution in [0.25, 0.3) is 0 Å². The monoisotopic (exact) mass is 218 g/mol. The van der Waals surface area contributed by atoms with E-state index >= 15 is 0 Å². The van der Waals surface area contributed by atoms with E-state index in [-0.39, 0.29) is 5.91 Å². The zero-order valence-electron chi connectivity index (χ0n) is 9.92. The molecule has 16 heavy (non-hydrogen) atoms. The van der Waals surface area contributed by atoms with Crippen molar-refractivity contribution < 1.29 is 4.79 Å². The summed E-state index contributed by atoms with van der Waals surface area (Å²) in [6.45, 7) is 4.24. The van der Waals surface area contributed by atoms with Gasteiger partial charge in [0.05, 0.1) is 0 Å². The third-order valence-electron chi connectivity index (χ3n) is 3.22. The lowest BCUT2D eigenvalue weighted by molar-refractivity contribution is 0.0962. The van der Waals surface area contributed by atoms with Gasteiger partial charge in [0.1, 0.15) is 0 Å². The summed E-state index contributed by atoms with van der Waals surface area (Å²) in [5, 5.41) is 2.68. The minimum Gasteiger partial charge on any atom is -0.371 e. The number of anilines is 1. The Labute approximate surface area is 96.5 Å². The second-order valence-corrected chi connectivity index (χ2v) is 4.22. The molecule has 1 aromatic rings. The Hall–Kier alpha value is -1.51. The van der Waals surface area contributed by atoms with Crippen LogP contribution in [0, 0.1) is 6.92 Å². The molecule has 0 radical (unpaired) electrons. The van der Waals surface area contributed by atoms with Gasteiger partial charge in [-0.2, -0.15) is 0 Å². The van der Waals surface area contributed by atoms with Crippen molar-refractivity contribution in [3.63, 3.8) is 0 Å². The number of nitrogens with zero attached hydrogens (tertiary/aromatic N) is 1. The summed E-state index contributed by atoms with van der Waals surface area (Å²) in [6, 6.07) is 5.95. The lowest BCUT2D eigenvalue weighted by atomic mass is 10.1. The van der Waals surface area contributed by atoms with Gasteiger partial charge in [0, 0.05) is 31.4 Å². The first kappa shape index (κ1) is 11.0. The molecule has 1 N–H and O–H groups in total. The second-order valence-electron chi connectivity index (χ2n) is 4.22. The fourth-order valence-corrected chi connectivity index (χ4v) is 2.30. The highest BCUT2D eigenvalue weighted by atomic mass is 16.1. The first-order valence-corrected chi connectivity index (χ1v) is 5.80. The molecule has 0 aromatic heterocycles. The molecule has 1 amide bonds. The molecular weight excluding hydrogens is 200 g/mol. The Morgan fingerprint density at radius 2 is 2.00 bits per heavy atom. The van der Waals surface area contributed by atoms with E-state index in [2.05, 4.69) is 16.3 Å². The zero-order valence-corrected chi connectivity index (χ0v) is 9.92. The number of nitrogens with one attached hydrogen (secondary N) is 1. The van der Waals surface area contributed by atoms with E-state index in [9.17, 15) is 4.79 Å². The molecule has 1 aliphatic heterocycles. The van der Waals surface area contributed by atoms with E-state index < -0.39 is 0 Å². The fourth-order valence-electron chi connectivity index (χ4n) is 2.30. The molecule has 86 valence electrons. The van der Waals surface area contributed by atoms with Gasteiger partial charge in [0.2, 0.25) is 0 Å². The Bertz CT molecular complexity index is 395. The van der Waals surface area contributed by atoms with Crippen LogP contribution < -0.4 is 10.2 Å². The van der Waals surface area contributed by atoms with Crippen molar-refractivity contribution >= 4 is 11.6 Å². The van der Waals surface area contributed by atoms with E-state index in [0.29, 0.717) is 0 Å². The van der Waals surface area contributed by atoms with E-state index in [0.717, 1.165) is 24.2 Å². The summed E-state index contributed by atoms with van der Waals surface area (Å²) in [5.74, 6) is -0.00135. The summed E-state index contributed by atoms with van der Waals surface area (Å²) in [7, 11) is 1.67. The lowest BCUT2D eigenvalue weighted by Gasteiger charge is -2.21. The van der Waals surface area contributed by atoms with Gasteiger partial charge in [-0.1, -0.05) is 6.07 Å². The molecule has 0 atom stereocenters. The zero-order chi connectivity index (χ0) is 11.5. The summed E-state index contributed by atoms with van der Waals surface area (Å²) >= 11 is 0. The van der Waals surface area contributed by atoms with Crippen LogP contribution in [0.1, 0.15) is 28.8 Å². The summed E-state index contributed by atoms with van der Waals surface area (Å²) in [4.78, 5) is 14.0. The van der Waals surface area contributed by atoms with Crippen LogP contribution >= 0.6 is 0 Å². The number of hydrogen-bond donors (Lipinski definition) is 1. The predicted molar refractivity (Wildman–Crippen MR) is 66.0 cm³/mol. The maximum Gasteiger partial charge on any atom is 0.251 e. The smallest absolute Gasteiger partial charge is 0.251 e. The van der Waals surface area contributed by atoms with Crippen molar-refractivity contribution in [2.75, 3.05) is 25.0 Å². The average Bonchev–Trinajstić information content (AvgIpc) is 2.82. The van der Waals surface area contributed by atoms with Crippen LogP contribution in [0.4, 0.5) is 5.69 Å². The van der Waals surface area contributed by atoms with Crippen molar-refractivity contribution in [2.45, 2.75) is 19.8 Å². The first-order valence-electron chi connectivity index (χ1n) is 5.80. The molecule has 3 nitrogen and oxygen atoms in total. The number of carbonyl (C=O) groups excluding carboxylic acids is 1. The molecule has 1 saturated heterocycles. The summed E-state index contributed by atoms with van der Waals surface area (Å²) in [5.41, 5.74) is 3.08. The van der Waals surface area contributed by atoms with Crippen molar-refractivity contribution in [2.24, 2.45) is 0 Å². The third kappa shape index (κ3) is 1.90.